The van der Waals surface area contributed by atoms with Gasteiger partial charge in [0.1, 0.15) is 17.0 Å². The minimum absolute atomic E-state index is 0.00803. The van der Waals surface area contributed by atoms with Crippen LogP contribution in [-0.4, -0.2) is 28.3 Å². The lowest BCUT2D eigenvalue weighted by molar-refractivity contribution is 0.247. The molecule has 35 heavy (non-hydrogen) atoms. The highest BCUT2D eigenvalue weighted by Gasteiger charge is 2.26. The SMILES string of the molecule is N#Cc1cccc(NC(=O)NC2CCc3c(sc4ncnc(Nc5ccc(N)c(C=N)c5)c34)C2)c1. The van der Waals surface area contributed by atoms with Crippen molar-refractivity contribution in [2.24, 2.45) is 0 Å². The molecule has 0 fully saturated rings. The molecule has 0 saturated carbocycles. The zero-order chi connectivity index (χ0) is 24.4. The van der Waals surface area contributed by atoms with E-state index in [1.54, 1.807) is 48.0 Å². The van der Waals surface area contributed by atoms with Crippen molar-refractivity contribution in [2.45, 2.75) is 25.3 Å². The third kappa shape index (κ3) is 4.62. The Morgan fingerprint density at radius 1 is 1.23 bits per heavy atom. The molecule has 6 N–H and O–H groups in total. The number of nitrogens with zero attached hydrogens (tertiary/aromatic N) is 3. The Morgan fingerprint density at radius 2 is 2.11 bits per heavy atom. The molecule has 10 heteroatoms. The number of nitrogens with two attached hydrogens (primary N) is 1. The van der Waals surface area contributed by atoms with Crippen LogP contribution in [0.3, 0.4) is 0 Å². The number of benzene rings is 2. The van der Waals surface area contributed by atoms with Gasteiger partial charge in [-0.25, -0.2) is 14.8 Å². The summed E-state index contributed by atoms with van der Waals surface area (Å²) in [5, 5.41) is 26.8. The maximum Gasteiger partial charge on any atom is 0.319 e. The third-order valence-electron chi connectivity index (χ3n) is 5.94. The van der Waals surface area contributed by atoms with Gasteiger partial charge < -0.3 is 27.1 Å². The summed E-state index contributed by atoms with van der Waals surface area (Å²) in [5.74, 6) is 0.717. The molecule has 0 radical (unpaired) electrons. The molecule has 2 amide bonds. The number of amides is 2. The fraction of sp³-hybridized carbons (Fsp3) is 0.160. The van der Waals surface area contributed by atoms with Gasteiger partial charge in [-0.15, -0.1) is 11.3 Å². The Balaban J connectivity index is 1.33. The zero-order valence-corrected chi connectivity index (χ0v) is 19.4. The molecule has 1 unspecified atom stereocenters. The van der Waals surface area contributed by atoms with Crippen molar-refractivity contribution < 1.29 is 4.79 Å². The number of aromatic nitrogens is 2. The van der Waals surface area contributed by atoms with Crippen LogP contribution in [0, 0.1) is 16.7 Å². The summed E-state index contributed by atoms with van der Waals surface area (Å²) in [7, 11) is 0. The van der Waals surface area contributed by atoms with E-state index in [1.165, 1.54) is 16.7 Å². The van der Waals surface area contributed by atoms with Gasteiger partial charge in [0.05, 0.1) is 17.0 Å². The zero-order valence-electron chi connectivity index (χ0n) is 18.6. The fourth-order valence-corrected chi connectivity index (χ4v) is 5.53. The molecule has 2 aromatic carbocycles. The molecule has 9 nitrogen and oxygen atoms in total. The third-order valence-corrected chi connectivity index (χ3v) is 7.10. The minimum Gasteiger partial charge on any atom is -0.398 e. The molecule has 0 saturated heterocycles. The first-order chi connectivity index (χ1) is 17.0. The van der Waals surface area contributed by atoms with Crippen LogP contribution in [0.5, 0.6) is 0 Å². The summed E-state index contributed by atoms with van der Waals surface area (Å²) >= 11 is 1.62. The average molecular weight is 483 g/mol. The van der Waals surface area contributed by atoms with Gasteiger partial charge in [0.15, 0.2) is 0 Å². The monoisotopic (exact) mass is 482 g/mol. The Labute approximate surface area is 205 Å². The average Bonchev–Trinajstić information content (AvgIpc) is 3.24. The largest absolute Gasteiger partial charge is 0.398 e. The van der Waals surface area contributed by atoms with Gasteiger partial charge in [-0.05, 0) is 54.8 Å². The van der Waals surface area contributed by atoms with Crippen LogP contribution in [0.25, 0.3) is 10.2 Å². The summed E-state index contributed by atoms with van der Waals surface area (Å²) in [6.07, 6.45) is 5.06. The molecule has 2 heterocycles. The van der Waals surface area contributed by atoms with E-state index in [0.29, 0.717) is 28.9 Å². The van der Waals surface area contributed by atoms with Crippen molar-refractivity contribution in [1.29, 1.82) is 10.7 Å². The second-order valence-electron chi connectivity index (χ2n) is 8.25. The van der Waals surface area contributed by atoms with Crippen LogP contribution in [0.2, 0.25) is 0 Å². The number of hydrogen-bond acceptors (Lipinski definition) is 8. The maximum atomic E-state index is 12.5. The minimum atomic E-state index is -0.290. The Hall–Kier alpha value is -4.49. The molecule has 0 bridgehead atoms. The number of fused-ring (bicyclic) bond motifs is 3. The van der Waals surface area contributed by atoms with Gasteiger partial charge in [-0.1, -0.05) is 6.07 Å². The van der Waals surface area contributed by atoms with E-state index in [9.17, 15) is 4.79 Å². The van der Waals surface area contributed by atoms with E-state index in [-0.39, 0.29) is 12.1 Å². The van der Waals surface area contributed by atoms with E-state index in [4.69, 9.17) is 16.4 Å². The smallest absolute Gasteiger partial charge is 0.319 e. The number of aryl methyl sites for hydroxylation is 1. The molecular weight excluding hydrogens is 460 g/mol. The van der Waals surface area contributed by atoms with Crippen molar-refractivity contribution in [1.82, 2.24) is 15.3 Å². The molecule has 1 atom stereocenters. The number of carbonyl (C=O) groups excluding carboxylic acids is 1. The Kier molecular flexibility index (Phi) is 5.99. The van der Waals surface area contributed by atoms with Crippen molar-refractivity contribution in [3.05, 3.63) is 70.4 Å². The lowest BCUT2D eigenvalue weighted by Gasteiger charge is -2.23. The number of anilines is 4. The lowest BCUT2D eigenvalue weighted by atomic mass is 9.93. The molecule has 1 aliphatic rings. The second-order valence-corrected chi connectivity index (χ2v) is 9.33. The van der Waals surface area contributed by atoms with Crippen molar-refractivity contribution in [2.75, 3.05) is 16.4 Å². The highest BCUT2D eigenvalue weighted by Crippen LogP contribution is 2.39. The normalized spacial score (nSPS) is 14.5. The number of urea groups is 1. The first kappa shape index (κ1) is 22.3. The van der Waals surface area contributed by atoms with Crippen LogP contribution < -0.4 is 21.7 Å². The topological polar surface area (TPSA) is 153 Å². The number of thiophene rings is 1. The summed E-state index contributed by atoms with van der Waals surface area (Å²) in [4.78, 5) is 23.6. The van der Waals surface area contributed by atoms with Gasteiger partial charge in [0.2, 0.25) is 0 Å². The molecule has 4 aromatic rings. The van der Waals surface area contributed by atoms with Crippen LogP contribution in [0.15, 0.2) is 48.8 Å². The van der Waals surface area contributed by atoms with Crippen molar-refractivity contribution >= 4 is 56.7 Å². The van der Waals surface area contributed by atoms with Crippen molar-refractivity contribution in [3.63, 3.8) is 0 Å². The predicted octanol–water partition coefficient (Wildman–Crippen LogP) is 4.57. The van der Waals surface area contributed by atoms with Gasteiger partial charge >= 0.3 is 6.03 Å². The van der Waals surface area contributed by atoms with Crippen LogP contribution in [0.1, 0.15) is 28.0 Å². The van der Waals surface area contributed by atoms with Crippen LogP contribution in [-0.2, 0) is 12.8 Å². The van der Waals surface area contributed by atoms with E-state index in [0.717, 1.165) is 34.6 Å². The van der Waals surface area contributed by atoms with E-state index in [1.807, 2.05) is 12.1 Å². The van der Waals surface area contributed by atoms with Gasteiger partial charge in [0.25, 0.3) is 0 Å². The molecule has 5 rings (SSSR count). The van der Waals surface area contributed by atoms with Crippen LogP contribution >= 0.6 is 11.3 Å². The summed E-state index contributed by atoms with van der Waals surface area (Å²) in [6, 6.07) is 14.0. The quantitative estimate of drug-likeness (QED) is 0.208. The maximum absolute atomic E-state index is 12.5. The first-order valence-corrected chi connectivity index (χ1v) is 11.9. The van der Waals surface area contributed by atoms with Crippen LogP contribution in [0.4, 0.5) is 27.7 Å². The number of nitrogen functional groups attached to an aromatic ring is 1. The molecule has 2 aromatic heterocycles. The highest BCUT2D eigenvalue weighted by atomic mass is 32.1. The molecular formula is C25H22N8OS. The van der Waals surface area contributed by atoms with Gasteiger partial charge in [0, 0.05) is 46.2 Å². The summed E-state index contributed by atoms with van der Waals surface area (Å²) in [5.41, 5.74) is 10.2. The molecule has 0 aliphatic heterocycles. The number of carbonyl (C=O) groups is 1. The molecule has 1 aliphatic carbocycles. The second kappa shape index (κ2) is 9.40. The van der Waals surface area contributed by atoms with E-state index in [2.05, 4.69) is 32.0 Å². The van der Waals surface area contributed by atoms with E-state index >= 15 is 0 Å². The predicted molar refractivity (Wildman–Crippen MR) is 139 cm³/mol. The summed E-state index contributed by atoms with van der Waals surface area (Å²) < 4.78 is 0. The number of nitrogens with one attached hydrogen (secondary N) is 4. The van der Waals surface area contributed by atoms with E-state index < -0.39 is 0 Å². The Bertz CT molecular complexity index is 1490. The number of nitriles is 1. The highest BCUT2D eigenvalue weighted by molar-refractivity contribution is 7.19. The fourth-order valence-electron chi connectivity index (χ4n) is 4.26. The first-order valence-electron chi connectivity index (χ1n) is 11.0. The number of rotatable bonds is 5. The molecule has 0 spiro atoms. The molecule has 174 valence electrons. The summed E-state index contributed by atoms with van der Waals surface area (Å²) in [6.45, 7) is 0. The standard InChI is InChI=1S/C25H22N8OS/c26-11-14-2-1-3-16(8-14)32-25(34)33-18-4-6-19-21(10-18)35-24-22(19)23(29-13-30-24)31-17-5-7-20(28)15(9-17)12-27/h1-3,5,7-9,12-13,18,27H,4,6,10,28H2,(H,29,30,31)(H2,32,33,34). The lowest BCUT2D eigenvalue weighted by Crippen LogP contribution is -2.40. The number of hydrogen-bond donors (Lipinski definition) is 5. The van der Waals surface area contributed by atoms with Crippen molar-refractivity contribution in [3.8, 4) is 6.07 Å². The Morgan fingerprint density at radius 3 is 2.94 bits per heavy atom. The van der Waals surface area contributed by atoms with Gasteiger partial charge in [-0.2, -0.15) is 5.26 Å². The van der Waals surface area contributed by atoms with Gasteiger partial charge in [-0.3, -0.25) is 0 Å².